The Labute approximate surface area is 167 Å². The largest absolute Gasteiger partial charge is 0.443 e. The Bertz CT molecular complexity index is 856. The van der Waals surface area contributed by atoms with E-state index in [9.17, 15) is 18.0 Å². The number of ether oxygens (including phenoxy) is 1. The molecule has 8 heteroatoms. The van der Waals surface area contributed by atoms with Crippen LogP contribution >= 0.6 is 0 Å². The molecule has 1 aromatic carbocycles. The molecule has 0 N–H and O–H groups in total. The molecule has 1 aliphatic heterocycles. The van der Waals surface area contributed by atoms with Crippen LogP contribution in [0.5, 0.6) is 0 Å². The first kappa shape index (κ1) is 21.9. The molecule has 0 aliphatic carbocycles. The number of aryl methyl sites for hydroxylation is 1. The van der Waals surface area contributed by atoms with Gasteiger partial charge in [-0.2, -0.15) is 0 Å². The molecule has 0 unspecified atom stereocenters. The van der Waals surface area contributed by atoms with E-state index in [1.165, 1.54) is 18.2 Å². The number of urea groups is 1. The lowest BCUT2D eigenvalue weighted by Gasteiger charge is -2.43. The zero-order valence-corrected chi connectivity index (χ0v) is 17.8. The van der Waals surface area contributed by atoms with Gasteiger partial charge in [0, 0.05) is 6.04 Å². The van der Waals surface area contributed by atoms with Crippen molar-refractivity contribution in [2.75, 3.05) is 0 Å². The Balaban J connectivity index is 2.49. The van der Waals surface area contributed by atoms with Gasteiger partial charge < -0.3 is 4.74 Å². The van der Waals surface area contributed by atoms with Crippen molar-refractivity contribution in [2.45, 2.75) is 70.0 Å². The fraction of sp³-hybridized carbons (Fsp3) is 0.500. The Hall–Kier alpha value is -2.35. The van der Waals surface area contributed by atoms with Gasteiger partial charge in [-0.1, -0.05) is 30.7 Å². The first-order chi connectivity index (χ1) is 12.9. The third-order valence-electron chi connectivity index (χ3n) is 4.49. The summed E-state index contributed by atoms with van der Waals surface area (Å²) in [6.07, 6.45) is 1.32. The van der Waals surface area contributed by atoms with Crippen LogP contribution in [0.15, 0.2) is 41.8 Å². The summed E-state index contributed by atoms with van der Waals surface area (Å²) in [5.41, 5.74) is 0.0802. The second-order valence-corrected chi connectivity index (χ2v) is 9.66. The smallest absolute Gasteiger partial charge is 0.418 e. The molecule has 1 heterocycles. The van der Waals surface area contributed by atoms with Crippen LogP contribution in [-0.2, 0) is 14.8 Å². The van der Waals surface area contributed by atoms with E-state index in [2.05, 4.69) is 6.58 Å². The first-order valence-corrected chi connectivity index (χ1v) is 10.7. The highest BCUT2D eigenvalue weighted by molar-refractivity contribution is 7.89. The summed E-state index contributed by atoms with van der Waals surface area (Å²) in [7, 11) is -4.17. The fourth-order valence-corrected chi connectivity index (χ4v) is 4.60. The normalized spacial score (nSPS) is 20.8. The summed E-state index contributed by atoms with van der Waals surface area (Å²) in [6, 6.07) is 4.06. The molecule has 0 saturated carbocycles. The van der Waals surface area contributed by atoms with Gasteiger partial charge in [-0.3, -0.25) is 0 Å². The first-order valence-electron chi connectivity index (χ1n) is 9.22. The molecule has 7 nitrogen and oxygen atoms in total. The average Bonchev–Trinajstić information content (AvgIpc) is 2.59. The van der Waals surface area contributed by atoms with Crippen molar-refractivity contribution in [1.82, 2.24) is 9.21 Å². The third kappa shape index (κ3) is 4.38. The summed E-state index contributed by atoms with van der Waals surface area (Å²) in [5, 5.41) is 0. The maximum absolute atomic E-state index is 13.2. The standard InChI is InChI=1S/C20H28N2O5S/c1-7-15-13-16(8-2)22(18(23)21(15)19(24)27-20(4,5)6)28(25,26)17-11-9-14(3)10-12-17/h8-12,15-16H,2,7,13H2,1,3-6H3/t15-,16-/m0/s1. The van der Waals surface area contributed by atoms with E-state index in [1.807, 2.05) is 13.8 Å². The van der Waals surface area contributed by atoms with Gasteiger partial charge in [-0.25, -0.2) is 27.2 Å². The summed E-state index contributed by atoms with van der Waals surface area (Å²) in [5.74, 6) is 0. The van der Waals surface area contributed by atoms with Crippen molar-refractivity contribution in [3.63, 3.8) is 0 Å². The molecule has 2 rings (SSSR count). The number of carbonyl (C=O) groups excluding carboxylic acids is 2. The Kier molecular flexibility index (Phi) is 6.23. The molecule has 1 fully saturated rings. The molecule has 1 aliphatic rings. The minimum absolute atomic E-state index is 0.0163. The van der Waals surface area contributed by atoms with Crippen LogP contribution < -0.4 is 0 Å². The predicted octanol–water partition coefficient (Wildman–Crippen LogP) is 4.08. The number of nitrogens with zero attached hydrogens (tertiary/aromatic N) is 2. The maximum Gasteiger partial charge on any atom is 0.418 e. The SMILES string of the molecule is C=C[C@H]1C[C@H](CC)N(C(=O)OC(C)(C)C)C(=O)N1S(=O)(=O)c1ccc(C)cc1. The molecule has 3 amide bonds. The Morgan fingerprint density at radius 1 is 1.29 bits per heavy atom. The second kappa shape index (κ2) is 7.95. The van der Waals surface area contributed by atoms with Crippen molar-refractivity contribution in [1.29, 1.82) is 0 Å². The predicted molar refractivity (Wildman–Crippen MR) is 106 cm³/mol. The van der Waals surface area contributed by atoms with Crippen molar-refractivity contribution in [3.05, 3.63) is 42.5 Å². The zero-order valence-electron chi connectivity index (χ0n) is 17.0. The minimum atomic E-state index is -4.17. The number of rotatable bonds is 4. The molecule has 1 saturated heterocycles. The maximum atomic E-state index is 13.2. The average molecular weight is 409 g/mol. The Morgan fingerprint density at radius 2 is 1.86 bits per heavy atom. The van der Waals surface area contributed by atoms with Gasteiger partial charge in [0.15, 0.2) is 0 Å². The van der Waals surface area contributed by atoms with Gasteiger partial charge >= 0.3 is 12.1 Å². The van der Waals surface area contributed by atoms with E-state index in [0.29, 0.717) is 6.42 Å². The van der Waals surface area contributed by atoms with E-state index >= 15 is 0 Å². The minimum Gasteiger partial charge on any atom is -0.443 e. The molecular weight excluding hydrogens is 380 g/mol. The van der Waals surface area contributed by atoms with E-state index in [1.54, 1.807) is 32.9 Å². The third-order valence-corrected chi connectivity index (χ3v) is 6.30. The van der Waals surface area contributed by atoms with E-state index in [4.69, 9.17) is 4.74 Å². The highest BCUT2D eigenvalue weighted by Gasteiger charge is 2.47. The highest BCUT2D eigenvalue weighted by atomic mass is 32.2. The van der Waals surface area contributed by atoms with Crippen LogP contribution in [0.1, 0.15) is 46.1 Å². The van der Waals surface area contributed by atoms with Gasteiger partial charge in [0.2, 0.25) is 0 Å². The van der Waals surface area contributed by atoms with Crippen molar-refractivity contribution in [3.8, 4) is 0 Å². The van der Waals surface area contributed by atoms with Crippen LogP contribution in [0.2, 0.25) is 0 Å². The number of hydrogen-bond acceptors (Lipinski definition) is 5. The number of amides is 3. The van der Waals surface area contributed by atoms with Gasteiger partial charge in [-0.05, 0) is 52.7 Å². The zero-order chi connectivity index (χ0) is 21.3. The lowest BCUT2D eigenvalue weighted by atomic mass is 10.0. The highest BCUT2D eigenvalue weighted by Crippen LogP contribution is 2.31. The number of hydrogen-bond donors (Lipinski definition) is 0. The van der Waals surface area contributed by atoms with E-state index < -0.39 is 39.8 Å². The topological polar surface area (TPSA) is 84.0 Å². The molecule has 1 aromatic rings. The molecule has 0 bridgehead atoms. The van der Waals surface area contributed by atoms with Crippen LogP contribution in [-0.4, -0.2) is 47.4 Å². The number of imide groups is 1. The van der Waals surface area contributed by atoms with Gasteiger partial charge in [-0.15, -0.1) is 6.58 Å². The lowest BCUT2D eigenvalue weighted by Crippen LogP contribution is -2.61. The van der Waals surface area contributed by atoms with Crippen molar-refractivity contribution < 1.29 is 22.7 Å². The monoisotopic (exact) mass is 408 g/mol. The van der Waals surface area contributed by atoms with E-state index in [-0.39, 0.29) is 11.3 Å². The molecule has 28 heavy (non-hydrogen) atoms. The van der Waals surface area contributed by atoms with Crippen LogP contribution in [0.4, 0.5) is 9.59 Å². The Morgan fingerprint density at radius 3 is 2.32 bits per heavy atom. The van der Waals surface area contributed by atoms with Gasteiger partial charge in [0.05, 0.1) is 10.9 Å². The van der Waals surface area contributed by atoms with Gasteiger partial charge in [0.1, 0.15) is 5.60 Å². The summed E-state index contributed by atoms with van der Waals surface area (Å²) < 4.78 is 32.5. The molecule has 154 valence electrons. The fourth-order valence-electron chi connectivity index (χ4n) is 3.07. The summed E-state index contributed by atoms with van der Waals surface area (Å²) in [6.45, 7) is 12.4. The van der Waals surface area contributed by atoms with Gasteiger partial charge in [0.25, 0.3) is 10.0 Å². The summed E-state index contributed by atoms with van der Waals surface area (Å²) >= 11 is 0. The molecular formula is C20H28N2O5S. The molecule has 0 spiro atoms. The van der Waals surface area contributed by atoms with Crippen LogP contribution in [0, 0.1) is 6.92 Å². The van der Waals surface area contributed by atoms with Crippen LogP contribution in [0.25, 0.3) is 0 Å². The van der Waals surface area contributed by atoms with E-state index in [0.717, 1.165) is 14.8 Å². The summed E-state index contributed by atoms with van der Waals surface area (Å²) in [4.78, 5) is 26.8. The lowest BCUT2D eigenvalue weighted by molar-refractivity contribution is 0.0153. The molecule has 2 atom stereocenters. The number of sulfonamides is 1. The van der Waals surface area contributed by atoms with Crippen molar-refractivity contribution >= 4 is 22.1 Å². The number of benzene rings is 1. The molecule has 0 radical (unpaired) electrons. The van der Waals surface area contributed by atoms with Crippen molar-refractivity contribution in [2.24, 2.45) is 0 Å². The second-order valence-electron chi connectivity index (χ2n) is 7.85. The molecule has 0 aromatic heterocycles. The van der Waals surface area contributed by atoms with Crippen LogP contribution in [0.3, 0.4) is 0 Å². The quantitative estimate of drug-likeness (QED) is 0.701. The number of carbonyl (C=O) groups is 2.